The van der Waals surface area contributed by atoms with Crippen molar-refractivity contribution in [3.8, 4) is 0 Å². The molecule has 124 valence electrons. The van der Waals surface area contributed by atoms with Gasteiger partial charge in [-0.3, -0.25) is 9.59 Å². The molecule has 0 bridgehead atoms. The number of rotatable bonds is 5. The Bertz CT molecular complexity index is 883. The summed E-state index contributed by atoms with van der Waals surface area (Å²) < 4.78 is 2.22. The zero-order chi connectivity index (χ0) is 17.4. The second-order valence-corrected chi connectivity index (χ2v) is 6.53. The van der Waals surface area contributed by atoms with Crippen molar-refractivity contribution < 1.29 is 9.59 Å². The molecule has 0 aliphatic rings. The fraction of sp³-hybridized carbons (Fsp3) is 0.263. The number of carbonyl (C=O) groups excluding carboxylic acids is 2. The Labute approximate surface area is 140 Å². The second kappa shape index (κ2) is 6.00. The SMILES string of the molecule is CC(C)CCn1c2ccc(C(N)=O)cc2c2cc(C(N)=O)ccc21. The van der Waals surface area contributed by atoms with Gasteiger partial charge in [0.1, 0.15) is 0 Å². The molecule has 1 heterocycles. The summed E-state index contributed by atoms with van der Waals surface area (Å²) in [4.78, 5) is 23.0. The van der Waals surface area contributed by atoms with Gasteiger partial charge in [-0.15, -0.1) is 0 Å². The summed E-state index contributed by atoms with van der Waals surface area (Å²) in [6, 6.07) is 10.9. The highest BCUT2D eigenvalue weighted by Gasteiger charge is 2.14. The molecule has 0 spiro atoms. The van der Waals surface area contributed by atoms with Crippen molar-refractivity contribution >= 4 is 33.6 Å². The minimum Gasteiger partial charge on any atom is -0.366 e. The first-order chi connectivity index (χ1) is 11.4. The first kappa shape index (κ1) is 16.1. The van der Waals surface area contributed by atoms with E-state index in [1.54, 1.807) is 24.3 Å². The number of aromatic nitrogens is 1. The van der Waals surface area contributed by atoms with E-state index in [4.69, 9.17) is 11.5 Å². The van der Waals surface area contributed by atoms with Crippen molar-refractivity contribution in [2.75, 3.05) is 0 Å². The minimum absolute atomic E-state index is 0.454. The van der Waals surface area contributed by atoms with Gasteiger partial charge >= 0.3 is 0 Å². The van der Waals surface area contributed by atoms with Crippen molar-refractivity contribution in [1.82, 2.24) is 4.57 Å². The fourth-order valence-corrected chi connectivity index (χ4v) is 3.04. The summed E-state index contributed by atoms with van der Waals surface area (Å²) >= 11 is 0. The summed E-state index contributed by atoms with van der Waals surface area (Å²) in [5, 5.41) is 1.82. The Morgan fingerprint density at radius 2 is 1.38 bits per heavy atom. The first-order valence-corrected chi connectivity index (χ1v) is 8.04. The van der Waals surface area contributed by atoms with E-state index in [1.165, 1.54) is 0 Å². The molecule has 0 fully saturated rings. The quantitative estimate of drug-likeness (QED) is 0.755. The highest BCUT2D eigenvalue weighted by atomic mass is 16.1. The number of benzene rings is 2. The smallest absolute Gasteiger partial charge is 0.248 e. The molecule has 0 saturated carbocycles. The van der Waals surface area contributed by atoms with E-state index < -0.39 is 11.8 Å². The lowest BCUT2D eigenvalue weighted by molar-refractivity contribution is 0.0992. The molecule has 0 aliphatic heterocycles. The average Bonchev–Trinajstić information content (AvgIpc) is 2.85. The van der Waals surface area contributed by atoms with Gasteiger partial charge in [0, 0.05) is 39.5 Å². The van der Waals surface area contributed by atoms with E-state index in [9.17, 15) is 9.59 Å². The maximum Gasteiger partial charge on any atom is 0.248 e. The Kier molecular flexibility index (Phi) is 4.01. The van der Waals surface area contributed by atoms with Gasteiger partial charge in [0.25, 0.3) is 0 Å². The van der Waals surface area contributed by atoms with Gasteiger partial charge in [-0.05, 0) is 48.7 Å². The molecule has 5 nitrogen and oxygen atoms in total. The van der Waals surface area contributed by atoms with Crippen molar-refractivity contribution in [2.24, 2.45) is 17.4 Å². The first-order valence-electron chi connectivity index (χ1n) is 8.04. The molecule has 4 N–H and O–H groups in total. The van der Waals surface area contributed by atoms with Crippen LogP contribution in [0.5, 0.6) is 0 Å². The van der Waals surface area contributed by atoms with Crippen LogP contribution in [0, 0.1) is 5.92 Å². The topological polar surface area (TPSA) is 91.1 Å². The normalized spacial score (nSPS) is 11.5. The van der Waals surface area contributed by atoms with E-state index in [1.807, 2.05) is 12.1 Å². The van der Waals surface area contributed by atoms with Crippen molar-refractivity contribution in [3.05, 3.63) is 47.5 Å². The predicted octanol–water partition coefficient (Wildman–Crippen LogP) is 3.04. The molecule has 2 aromatic carbocycles. The van der Waals surface area contributed by atoms with Gasteiger partial charge < -0.3 is 16.0 Å². The van der Waals surface area contributed by atoms with Gasteiger partial charge in [-0.2, -0.15) is 0 Å². The molecule has 0 saturated heterocycles. The predicted molar refractivity (Wildman–Crippen MR) is 95.9 cm³/mol. The van der Waals surface area contributed by atoms with Crippen LogP contribution in [0.2, 0.25) is 0 Å². The van der Waals surface area contributed by atoms with E-state index >= 15 is 0 Å². The Hall–Kier alpha value is -2.82. The highest BCUT2D eigenvalue weighted by molar-refractivity contribution is 6.12. The van der Waals surface area contributed by atoms with Gasteiger partial charge in [0.2, 0.25) is 11.8 Å². The van der Waals surface area contributed by atoms with Crippen LogP contribution in [0.1, 0.15) is 41.0 Å². The molecule has 0 atom stereocenters. The zero-order valence-electron chi connectivity index (χ0n) is 13.9. The summed E-state index contributed by atoms with van der Waals surface area (Å²) in [7, 11) is 0. The summed E-state index contributed by atoms with van der Waals surface area (Å²) in [5.74, 6) is -0.357. The van der Waals surface area contributed by atoms with Crippen molar-refractivity contribution in [1.29, 1.82) is 0 Å². The molecule has 0 unspecified atom stereocenters. The molecule has 24 heavy (non-hydrogen) atoms. The number of nitrogens with zero attached hydrogens (tertiary/aromatic N) is 1. The monoisotopic (exact) mass is 323 g/mol. The summed E-state index contributed by atoms with van der Waals surface area (Å²) in [6.07, 6.45) is 1.04. The highest BCUT2D eigenvalue weighted by Crippen LogP contribution is 2.31. The van der Waals surface area contributed by atoms with Crippen LogP contribution in [0.25, 0.3) is 21.8 Å². The van der Waals surface area contributed by atoms with Gasteiger partial charge in [-0.25, -0.2) is 0 Å². The number of aryl methyl sites for hydroxylation is 1. The Morgan fingerprint density at radius 3 is 1.75 bits per heavy atom. The molecule has 0 aliphatic carbocycles. The average molecular weight is 323 g/mol. The van der Waals surface area contributed by atoms with Crippen LogP contribution in [0.15, 0.2) is 36.4 Å². The standard InChI is InChI=1S/C19H21N3O2/c1-11(2)7-8-22-16-5-3-12(18(20)23)9-14(16)15-10-13(19(21)24)4-6-17(15)22/h3-6,9-11H,7-8H2,1-2H3,(H2,20,23)(H2,21,24). The van der Waals surface area contributed by atoms with Crippen LogP contribution < -0.4 is 11.5 Å². The molecule has 0 radical (unpaired) electrons. The molecule has 3 aromatic rings. The van der Waals surface area contributed by atoms with Crippen LogP contribution in [0.4, 0.5) is 0 Å². The van der Waals surface area contributed by atoms with E-state index in [2.05, 4.69) is 18.4 Å². The lowest BCUT2D eigenvalue weighted by Crippen LogP contribution is -2.10. The van der Waals surface area contributed by atoms with E-state index in [-0.39, 0.29) is 0 Å². The molecule has 1 aromatic heterocycles. The number of fused-ring (bicyclic) bond motifs is 3. The summed E-state index contributed by atoms with van der Waals surface area (Å²) in [5.41, 5.74) is 13.8. The number of amides is 2. The van der Waals surface area contributed by atoms with Crippen LogP contribution in [-0.2, 0) is 6.54 Å². The van der Waals surface area contributed by atoms with E-state index in [0.717, 1.165) is 34.8 Å². The Balaban J connectivity index is 2.31. The van der Waals surface area contributed by atoms with Gasteiger partial charge in [-0.1, -0.05) is 13.8 Å². The van der Waals surface area contributed by atoms with Crippen molar-refractivity contribution in [2.45, 2.75) is 26.8 Å². The Morgan fingerprint density at radius 1 is 0.917 bits per heavy atom. The minimum atomic E-state index is -0.467. The molecule has 3 rings (SSSR count). The number of nitrogens with two attached hydrogens (primary N) is 2. The molecule has 5 heteroatoms. The lowest BCUT2D eigenvalue weighted by atomic mass is 10.1. The third-order valence-corrected chi connectivity index (χ3v) is 4.36. The number of hydrogen-bond donors (Lipinski definition) is 2. The largest absolute Gasteiger partial charge is 0.366 e. The van der Waals surface area contributed by atoms with E-state index in [0.29, 0.717) is 17.0 Å². The summed E-state index contributed by atoms with van der Waals surface area (Å²) in [6.45, 7) is 5.23. The fourth-order valence-electron chi connectivity index (χ4n) is 3.04. The van der Waals surface area contributed by atoms with Gasteiger partial charge in [0.15, 0.2) is 0 Å². The molecular weight excluding hydrogens is 302 g/mol. The number of hydrogen-bond acceptors (Lipinski definition) is 2. The third-order valence-electron chi connectivity index (χ3n) is 4.36. The van der Waals surface area contributed by atoms with Crippen LogP contribution in [-0.4, -0.2) is 16.4 Å². The van der Waals surface area contributed by atoms with Crippen LogP contribution in [0.3, 0.4) is 0 Å². The van der Waals surface area contributed by atoms with Crippen molar-refractivity contribution in [3.63, 3.8) is 0 Å². The van der Waals surface area contributed by atoms with Gasteiger partial charge in [0.05, 0.1) is 0 Å². The maximum atomic E-state index is 11.5. The second-order valence-electron chi connectivity index (χ2n) is 6.53. The number of primary amides is 2. The van der Waals surface area contributed by atoms with Crippen LogP contribution >= 0.6 is 0 Å². The third kappa shape index (κ3) is 2.73. The zero-order valence-corrected chi connectivity index (χ0v) is 13.9. The number of carbonyl (C=O) groups is 2. The molecule has 2 amide bonds. The molecular formula is C19H21N3O2. The maximum absolute atomic E-state index is 11.5. The lowest BCUT2D eigenvalue weighted by Gasteiger charge is -2.09.